The summed E-state index contributed by atoms with van der Waals surface area (Å²) in [5.74, 6) is -0.288. The molecule has 86 valence electrons. The van der Waals surface area contributed by atoms with Crippen molar-refractivity contribution in [2.45, 2.75) is 18.9 Å². The quantitative estimate of drug-likeness (QED) is 0.357. The molecule has 0 amide bonds. The average Bonchev–Trinajstić information content (AvgIpc) is 2.96. The van der Waals surface area contributed by atoms with Crippen molar-refractivity contribution in [3.63, 3.8) is 0 Å². The van der Waals surface area contributed by atoms with Crippen molar-refractivity contribution in [2.75, 3.05) is 33.9 Å². The second kappa shape index (κ2) is 5.88. The van der Waals surface area contributed by atoms with Crippen molar-refractivity contribution >= 4 is 5.97 Å². The molecule has 1 saturated heterocycles. The third-order valence-electron chi connectivity index (χ3n) is 2.18. The van der Waals surface area contributed by atoms with E-state index in [0.29, 0.717) is 25.2 Å². The number of carbonyl (C=O) groups excluding carboxylic acids is 1. The molecule has 1 aliphatic heterocycles. The Kier molecular flexibility index (Phi) is 4.78. The van der Waals surface area contributed by atoms with Crippen molar-refractivity contribution in [1.29, 1.82) is 0 Å². The van der Waals surface area contributed by atoms with Gasteiger partial charge in [-0.25, -0.2) is 4.79 Å². The third kappa shape index (κ3) is 5.54. The fourth-order valence-electron chi connectivity index (χ4n) is 1.15. The van der Waals surface area contributed by atoms with E-state index in [4.69, 9.17) is 9.47 Å². The first-order valence-electron chi connectivity index (χ1n) is 5.21. The van der Waals surface area contributed by atoms with E-state index in [1.807, 2.05) is 14.1 Å². The minimum atomic E-state index is -0.288. The van der Waals surface area contributed by atoms with E-state index in [9.17, 15) is 4.79 Å². The predicted octanol–water partition coefficient (Wildman–Crippen LogP) is 0.826. The molecule has 0 bridgehead atoms. The largest absolute Gasteiger partial charge is 0.459 e. The van der Waals surface area contributed by atoms with Crippen molar-refractivity contribution in [2.24, 2.45) is 0 Å². The number of rotatable bonds is 7. The fraction of sp³-hybridized carbons (Fsp3) is 0.727. The van der Waals surface area contributed by atoms with Crippen LogP contribution in [-0.4, -0.2) is 50.8 Å². The summed E-state index contributed by atoms with van der Waals surface area (Å²) in [7, 11) is 4.01. The van der Waals surface area contributed by atoms with Gasteiger partial charge in [-0.3, -0.25) is 0 Å². The first-order valence-corrected chi connectivity index (χ1v) is 5.21. The lowest BCUT2D eigenvalue weighted by atomic mass is 10.1. The van der Waals surface area contributed by atoms with E-state index in [-0.39, 0.29) is 12.1 Å². The smallest absolute Gasteiger partial charge is 0.333 e. The summed E-state index contributed by atoms with van der Waals surface area (Å²) in [4.78, 5) is 13.4. The Morgan fingerprint density at radius 2 is 2.27 bits per heavy atom. The first-order chi connectivity index (χ1) is 7.09. The van der Waals surface area contributed by atoms with Crippen LogP contribution in [0.5, 0.6) is 0 Å². The second-order valence-electron chi connectivity index (χ2n) is 4.06. The highest BCUT2D eigenvalue weighted by atomic mass is 16.6. The molecule has 4 nitrogen and oxygen atoms in total. The first kappa shape index (κ1) is 12.2. The molecule has 0 aromatic carbocycles. The molecule has 0 radical (unpaired) electrons. The van der Waals surface area contributed by atoms with Crippen molar-refractivity contribution < 1.29 is 14.3 Å². The van der Waals surface area contributed by atoms with Gasteiger partial charge in [0.2, 0.25) is 0 Å². The van der Waals surface area contributed by atoms with E-state index >= 15 is 0 Å². The number of hydrogen-bond donors (Lipinski definition) is 0. The zero-order valence-electron chi connectivity index (χ0n) is 9.49. The minimum Gasteiger partial charge on any atom is -0.459 e. The number of epoxide rings is 1. The van der Waals surface area contributed by atoms with Crippen LogP contribution < -0.4 is 0 Å². The lowest BCUT2D eigenvalue weighted by Crippen LogP contribution is -2.15. The molecule has 1 aliphatic rings. The fourth-order valence-corrected chi connectivity index (χ4v) is 1.15. The van der Waals surface area contributed by atoms with Crippen molar-refractivity contribution in [3.8, 4) is 0 Å². The highest BCUT2D eigenvalue weighted by molar-refractivity contribution is 5.87. The van der Waals surface area contributed by atoms with E-state index in [1.54, 1.807) is 0 Å². The monoisotopic (exact) mass is 213 g/mol. The number of ether oxygens (including phenoxy) is 2. The van der Waals surface area contributed by atoms with E-state index in [0.717, 1.165) is 13.0 Å². The number of esters is 1. The lowest BCUT2D eigenvalue weighted by Gasteiger charge is -2.09. The summed E-state index contributed by atoms with van der Waals surface area (Å²) in [6.07, 6.45) is 1.76. The van der Waals surface area contributed by atoms with Gasteiger partial charge in [0, 0.05) is 5.57 Å². The normalized spacial score (nSPS) is 19.0. The Bertz CT molecular complexity index is 234. The Labute approximate surface area is 90.8 Å². The molecule has 0 spiro atoms. The van der Waals surface area contributed by atoms with Crippen LogP contribution in [0, 0.1) is 0 Å². The maximum Gasteiger partial charge on any atom is 0.333 e. The van der Waals surface area contributed by atoms with E-state index in [1.165, 1.54) is 0 Å². The van der Waals surface area contributed by atoms with Gasteiger partial charge < -0.3 is 14.4 Å². The highest BCUT2D eigenvalue weighted by Gasteiger charge is 2.24. The molecule has 0 aromatic rings. The molecule has 1 atom stereocenters. The molecule has 0 saturated carbocycles. The zero-order chi connectivity index (χ0) is 11.3. The van der Waals surface area contributed by atoms with Crippen LogP contribution in [0.2, 0.25) is 0 Å². The van der Waals surface area contributed by atoms with Crippen molar-refractivity contribution in [1.82, 2.24) is 4.90 Å². The van der Waals surface area contributed by atoms with E-state index in [2.05, 4.69) is 11.5 Å². The van der Waals surface area contributed by atoms with Crippen LogP contribution in [-0.2, 0) is 14.3 Å². The van der Waals surface area contributed by atoms with Crippen LogP contribution in [0.15, 0.2) is 12.2 Å². The number of carbonyl (C=O) groups is 1. The van der Waals surface area contributed by atoms with Crippen LogP contribution in [0.1, 0.15) is 12.8 Å². The SMILES string of the molecule is C=C(CCCN(C)C)C(=O)OCC1CO1. The summed E-state index contributed by atoms with van der Waals surface area (Å²) in [6, 6.07) is 0. The maximum atomic E-state index is 11.4. The van der Waals surface area contributed by atoms with Gasteiger partial charge in [-0.05, 0) is 33.5 Å². The van der Waals surface area contributed by atoms with Gasteiger partial charge in [0.15, 0.2) is 0 Å². The molecule has 4 heteroatoms. The van der Waals surface area contributed by atoms with Gasteiger partial charge in [0.25, 0.3) is 0 Å². The van der Waals surface area contributed by atoms with Crippen molar-refractivity contribution in [3.05, 3.63) is 12.2 Å². The molecule has 0 N–H and O–H groups in total. The molecule has 1 fully saturated rings. The molecule has 0 aliphatic carbocycles. The van der Waals surface area contributed by atoms with Crippen LogP contribution >= 0.6 is 0 Å². The van der Waals surface area contributed by atoms with Gasteiger partial charge in [0.05, 0.1) is 6.61 Å². The number of hydrogen-bond acceptors (Lipinski definition) is 4. The summed E-state index contributed by atoms with van der Waals surface area (Å²) >= 11 is 0. The van der Waals surface area contributed by atoms with Crippen LogP contribution in [0.3, 0.4) is 0 Å². The van der Waals surface area contributed by atoms with Crippen LogP contribution in [0.4, 0.5) is 0 Å². The summed E-state index contributed by atoms with van der Waals surface area (Å²) < 4.78 is 9.95. The Balaban J connectivity index is 2.06. The summed E-state index contributed by atoms with van der Waals surface area (Å²) in [5.41, 5.74) is 0.553. The number of nitrogens with zero attached hydrogens (tertiary/aromatic N) is 1. The molecular weight excluding hydrogens is 194 g/mol. The van der Waals surface area contributed by atoms with Gasteiger partial charge in [-0.2, -0.15) is 0 Å². The van der Waals surface area contributed by atoms with Gasteiger partial charge >= 0.3 is 5.97 Å². The summed E-state index contributed by atoms with van der Waals surface area (Å²) in [6.45, 7) is 5.75. The van der Waals surface area contributed by atoms with Gasteiger partial charge in [-0.1, -0.05) is 6.58 Å². The molecule has 1 unspecified atom stereocenters. The lowest BCUT2D eigenvalue weighted by molar-refractivity contribution is -0.139. The Morgan fingerprint density at radius 3 is 2.80 bits per heavy atom. The molecule has 1 rings (SSSR count). The standard InChI is InChI=1S/C11H19NO3/c1-9(5-4-6-12(2)3)11(13)15-8-10-7-14-10/h10H,1,4-8H2,2-3H3. The second-order valence-corrected chi connectivity index (χ2v) is 4.06. The Hall–Kier alpha value is -0.870. The topological polar surface area (TPSA) is 42.1 Å². The zero-order valence-corrected chi connectivity index (χ0v) is 9.49. The maximum absolute atomic E-state index is 11.4. The minimum absolute atomic E-state index is 0.128. The average molecular weight is 213 g/mol. The molecular formula is C11H19NO3. The molecule has 1 heterocycles. The summed E-state index contributed by atoms with van der Waals surface area (Å²) in [5, 5.41) is 0. The van der Waals surface area contributed by atoms with Gasteiger partial charge in [0.1, 0.15) is 12.7 Å². The highest BCUT2D eigenvalue weighted by Crippen LogP contribution is 2.11. The van der Waals surface area contributed by atoms with Gasteiger partial charge in [-0.15, -0.1) is 0 Å². The predicted molar refractivity (Wildman–Crippen MR) is 57.6 cm³/mol. The van der Waals surface area contributed by atoms with Crippen LogP contribution in [0.25, 0.3) is 0 Å². The Morgan fingerprint density at radius 1 is 1.60 bits per heavy atom. The molecule has 15 heavy (non-hydrogen) atoms. The van der Waals surface area contributed by atoms with E-state index < -0.39 is 0 Å². The molecule has 0 aromatic heterocycles. The third-order valence-corrected chi connectivity index (χ3v) is 2.18.